The minimum absolute atomic E-state index is 0.146. The number of hydrogen-bond acceptors (Lipinski definition) is 3. The van der Waals surface area contributed by atoms with Crippen molar-refractivity contribution in [3.63, 3.8) is 0 Å². The van der Waals surface area contributed by atoms with Gasteiger partial charge in [0.15, 0.2) is 0 Å². The zero-order chi connectivity index (χ0) is 9.61. The molecule has 0 aromatic carbocycles. The first kappa shape index (κ1) is 11.9. The Kier molecular flexibility index (Phi) is 5.46. The smallest absolute Gasteiger partial charge is 0.0817 e. The van der Waals surface area contributed by atoms with Gasteiger partial charge < -0.3 is 15.8 Å². The molecule has 0 saturated heterocycles. The van der Waals surface area contributed by atoms with Gasteiger partial charge in [-0.2, -0.15) is 0 Å². The van der Waals surface area contributed by atoms with Crippen LogP contribution < -0.4 is 11.1 Å². The fraction of sp³-hybridized carbons (Fsp3) is 1.00. The molecule has 3 heteroatoms. The molecule has 0 aromatic heterocycles. The molecule has 0 fully saturated rings. The van der Waals surface area contributed by atoms with E-state index in [0.717, 1.165) is 13.1 Å². The molecule has 3 N–H and O–H groups in total. The zero-order valence-corrected chi connectivity index (χ0v) is 8.68. The van der Waals surface area contributed by atoms with Crippen molar-refractivity contribution in [1.82, 2.24) is 5.32 Å². The maximum absolute atomic E-state index is 5.47. The molecule has 0 aromatic rings. The second-order valence-corrected chi connectivity index (χ2v) is 4.28. The monoisotopic (exact) mass is 174 g/mol. The van der Waals surface area contributed by atoms with Crippen molar-refractivity contribution in [2.24, 2.45) is 11.1 Å². The maximum atomic E-state index is 5.47. The van der Waals surface area contributed by atoms with Gasteiger partial charge in [0.05, 0.1) is 6.10 Å². The van der Waals surface area contributed by atoms with Crippen molar-refractivity contribution in [2.75, 3.05) is 26.7 Å². The van der Waals surface area contributed by atoms with Crippen molar-refractivity contribution in [3.8, 4) is 0 Å². The molecule has 0 aliphatic rings. The van der Waals surface area contributed by atoms with Gasteiger partial charge in [-0.25, -0.2) is 0 Å². The Hall–Kier alpha value is -0.120. The van der Waals surface area contributed by atoms with Crippen LogP contribution in [-0.4, -0.2) is 32.8 Å². The molecule has 74 valence electrons. The van der Waals surface area contributed by atoms with Gasteiger partial charge in [0.25, 0.3) is 0 Å². The summed E-state index contributed by atoms with van der Waals surface area (Å²) in [5.41, 5.74) is 5.79. The first-order valence-corrected chi connectivity index (χ1v) is 4.43. The van der Waals surface area contributed by atoms with E-state index in [9.17, 15) is 0 Å². The van der Waals surface area contributed by atoms with E-state index < -0.39 is 0 Å². The lowest BCUT2D eigenvalue weighted by molar-refractivity contribution is 0.106. The maximum Gasteiger partial charge on any atom is 0.0817 e. The average molecular weight is 174 g/mol. The first-order valence-electron chi connectivity index (χ1n) is 4.43. The highest BCUT2D eigenvalue weighted by Gasteiger charge is 2.10. The van der Waals surface area contributed by atoms with Crippen molar-refractivity contribution >= 4 is 0 Å². The number of nitrogens with two attached hydrogens (primary N) is 1. The third-order valence-corrected chi connectivity index (χ3v) is 1.62. The highest BCUT2D eigenvalue weighted by atomic mass is 16.5. The molecular weight excluding hydrogens is 152 g/mol. The molecule has 0 amide bonds. The van der Waals surface area contributed by atoms with Crippen LogP contribution in [0.1, 0.15) is 20.8 Å². The minimum atomic E-state index is 0.146. The predicted octanol–water partition coefficient (Wildman–Crippen LogP) is 0.596. The highest BCUT2D eigenvalue weighted by molar-refractivity contribution is 4.68. The molecule has 0 heterocycles. The molecular formula is C9H22N2O. The van der Waals surface area contributed by atoms with E-state index in [0.29, 0.717) is 12.0 Å². The molecule has 0 aliphatic carbocycles. The lowest BCUT2D eigenvalue weighted by atomic mass is 9.97. The van der Waals surface area contributed by atoms with E-state index in [1.165, 1.54) is 0 Å². The number of methoxy groups -OCH3 is 1. The second kappa shape index (κ2) is 5.51. The SMILES string of the molecule is COC(CN)CNCC(C)(C)C. The second-order valence-electron chi connectivity index (χ2n) is 4.28. The van der Waals surface area contributed by atoms with Crippen LogP contribution in [0.5, 0.6) is 0 Å². The van der Waals surface area contributed by atoms with E-state index in [1.54, 1.807) is 7.11 Å². The summed E-state index contributed by atoms with van der Waals surface area (Å²) in [5.74, 6) is 0. The van der Waals surface area contributed by atoms with Gasteiger partial charge in [-0.05, 0) is 5.41 Å². The van der Waals surface area contributed by atoms with Crippen LogP contribution in [0.15, 0.2) is 0 Å². The number of rotatable bonds is 5. The molecule has 0 aliphatic heterocycles. The molecule has 1 unspecified atom stereocenters. The lowest BCUT2D eigenvalue weighted by Gasteiger charge is -2.21. The summed E-state index contributed by atoms with van der Waals surface area (Å²) in [5, 5.41) is 3.32. The predicted molar refractivity (Wildman–Crippen MR) is 52.2 cm³/mol. The fourth-order valence-electron chi connectivity index (χ4n) is 0.871. The van der Waals surface area contributed by atoms with Crippen LogP contribution >= 0.6 is 0 Å². The Morgan fingerprint density at radius 3 is 2.33 bits per heavy atom. The minimum Gasteiger partial charge on any atom is -0.379 e. The Bertz CT molecular complexity index is 106. The van der Waals surface area contributed by atoms with Crippen LogP contribution in [0, 0.1) is 5.41 Å². The Labute approximate surface area is 75.7 Å². The summed E-state index contributed by atoms with van der Waals surface area (Å²) in [6.45, 7) is 9.00. The summed E-state index contributed by atoms with van der Waals surface area (Å²) in [6.07, 6.45) is 0.146. The lowest BCUT2D eigenvalue weighted by Crippen LogP contribution is -2.37. The molecule has 0 radical (unpaired) electrons. The van der Waals surface area contributed by atoms with E-state index in [1.807, 2.05) is 0 Å². The first-order chi connectivity index (χ1) is 5.49. The Morgan fingerprint density at radius 2 is 2.00 bits per heavy atom. The van der Waals surface area contributed by atoms with E-state index >= 15 is 0 Å². The van der Waals surface area contributed by atoms with Gasteiger partial charge in [0.2, 0.25) is 0 Å². The fourth-order valence-corrected chi connectivity index (χ4v) is 0.871. The molecule has 0 saturated carbocycles. The quantitative estimate of drug-likeness (QED) is 0.641. The number of hydrogen-bond donors (Lipinski definition) is 2. The summed E-state index contributed by atoms with van der Waals surface area (Å²) in [6, 6.07) is 0. The Morgan fingerprint density at radius 1 is 1.42 bits per heavy atom. The van der Waals surface area contributed by atoms with Gasteiger partial charge in [0.1, 0.15) is 0 Å². The Balaban J connectivity index is 3.41. The van der Waals surface area contributed by atoms with Crippen LogP contribution in [0.3, 0.4) is 0 Å². The largest absolute Gasteiger partial charge is 0.379 e. The van der Waals surface area contributed by atoms with E-state index in [4.69, 9.17) is 10.5 Å². The van der Waals surface area contributed by atoms with E-state index in [-0.39, 0.29) is 6.10 Å². The summed E-state index contributed by atoms with van der Waals surface area (Å²) in [4.78, 5) is 0. The normalized spacial score (nSPS) is 14.8. The summed E-state index contributed by atoms with van der Waals surface area (Å²) in [7, 11) is 1.69. The van der Waals surface area contributed by atoms with Crippen molar-refractivity contribution in [2.45, 2.75) is 26.9 Å². The summed E-state index contributed by atoms with van der Waals surface area (Å²) < 4.78 is 5.13. The van der Waals surface area contributed by atoms with Crippen molar-refractivity contribution in [1.29, 1.82) is 0 Å². The topological polar surface area (TPSA) is 47.3 Å². The van der Waals surface area contributed by atoms with Crippen LogP contribution in [0.4, 0.5) is 0 Å². The molecule has 0 rings (SSSR count). The summed E-state index contributed by atoms with van der Waals surface area (Å²) >= 11 is 0. The molecule has 0 bridgehead atoms. The average Bonchev–Trinajstić information content (AvgIpc) is 1.96. The van der Waals surface area contributed by atoms with Gasteiger partial charge in [-0.3, -0.25) is 0 Å². The molecule has 12 heavy (non-hydrogen) atoms. The van der Waals surface area contributed by atoms with Crippen molar-refractivity contribution < 1.29 is 4.74 Å². The van der Waals surface area contributed by atoms with Crippen LogP contribution in [0.2, 0.25) is 0 Å². The zero-order valence-electron chi connectivity index (χ0n) is 8.68. The van der Waals surface area contributed by atoms with E-state index in [2.05, 4.69) is 26.1 Å². The standard InChI is InChI=1S/C9H22N2O/c1-9(2,3)7-11-6-8(5-10)12-4/h8,11H,5-7,10H2,1-4H3. The number of ether oxygens (including phenoxy) is 1. The molecule has 3 nitrogen and oxygen atoms in total. The third kappa shape index (κ3) is 6.58. The van der Waals surface area contributed by atoms with Gasteiger partial charge in [-0.15, -0.1) is 0 Å². The van der Waals surface area contributed by atoms with Crippen LogP contribution in [-0.2, 0) is 4.74 Å². The van der Waals surface area contributed by atoms with Gasteiger partial charge in [0, 0.05) is 26.7 Å². The van der Waals surface area contributed by atoms with Crippen molar-refractivity contribution in [3.05, 3.63) is 0 Å². The van der Waals surface area contributed by atoms with Crippen LogP contribution in [0.25, 0.3) is 0 Å². The van der Waals surface area contributed by atoms with Gasteiger partial charge >= 0.3 is 0 Å². The molecule has 0 spiro atoms. The highest BCUT2D eigenvalue weighted by Crippen LogP contribution is 2.09. The third-order valence-electron chi connectivity index (χ3n) is 1.62. The van der Waals surface area contributed by atoms with Gasteiger partial charge in [-0.1, -0.05) is 20.8 Å². The number of nitrogens with one attached hydrogen (secondary N) is 1. The molecule has 1 atom stereocenters.